The molecule has 0 saturated heterocycles. The Morgan fingerprint density at radius 1 is 0.962 bits per heavy atom. The van der Waals surface area contributed by atoms with Crippen LogP contribution in [0.1, 0.15) is 57.8 Å². The van der Waals surface area contributed by atoms with Crippen LogP contribution in [0.5, 0.6) is 0 Å². The lowest BCUT2D eigenvalue weighted by Crippen LogP contribution is -2.60. The number of hydrogen-bond acceptors (Lipinski definition) is 6. The van der Waals surface area contributed by atoms with E-state index in [0.29, 0.717) is 11.8 Å². The molecule has 0 amide bonds. The first-order valence-corrected chi connectivity index (χ1v) is 11.3. The third-order valence-electron chi connectivity index (χ3n) is 7.16. The van der Waals surface area contributed by atoms with E-state index in [1.165, 1.54) is 32.1 Å². The highest BCUT2D eigenvalue weighted by molar-refractivity contribution is 7.80. The van der Waals surface area contributed by atoms with E-state index in [4.69, 9.17) is 19.1 Å². The molecule has 5 aliphatic carbocycles. The minimum Gasteiger partial charge on any atom is -0.350 e. The van der Waals surface area contributed by atoms with Gasteiger partial charge in [0.15, 0.2) is 0 Å². The van der Waals surface area contributed by atoms with Crippen molar-refractivity contribution < 1.29 is 31.7 Å². The third kappa shape index (κ3) is 3.82. The molecule has 5 fully saturated rings. The van der Waals surface area contributed by atoms with Gasteiger partial charge in [0, 0.05) is 18.9 Å². The fourth-order valence-corrected chi connectivity index (χ4v) is 6.43. The fraction of sp³-hybridized carbons (Fsp3) is 1.00. The van der Waals surface area contributed by atoms with Crippen LogP contribution in [0.4, 0.5) is 0 Å². The van der Waals surface area contributed by atoms with Crippen molar-refractivity contribution in [3.63, 3.8) is 0 Å². The van der Waals surface area contributed by atoms with Crippen molar-refractivity contribution in [1.82, 2.24) is 0 Å². The van der Waals surface area contributed by atoms with Gasteiger partial charge in [0.1, 0.15) is 0 Å². The summed E-state index contributed by atoms with van der Waals surface area (Å²) in [7, 11) is -2.61. The summed E-state index contributed by atoms with van der Waals surface area (Å²) in [5.41, 5.74) is 0. The van der Waals surface area contributed by atoms with Crippen LogP contribution in [0.15, 0.2) is 0 Å². The standard InChI is InChI=1S/C18H30O7S/c1-22-18(15-7-13-6-14(9-15)10-16(18)8-13)25-24-17-4-2-12(3-5-17)11-23-26(19,20)21/h12-17H,2-11H2,1H3,(H,19,20,21)/t12-,13?,14?,15?,16?,17+,18?. The van der Waals surface area contributed by atoms with Crippen LogP contribution in [0.3, 0.4) is 0 Å². The molecule has 1 N–H and O–H groups in total. The van der Waals surface area contributed by atoms with Gasteiger partial charge < -0.3 is 4.74 Å². The maximum atomic E-state index is 10.7. The summed E-state index contributed by atoms with van der Waals surface area (Å²) in [6, 6.07) is 0. The Bertz CT molecular complexity index is 569. The van der Waals surface area contributed by atoms with E-state index in [2.05, 4.69) is 4.18 Å². The average Bonchev–Trinajstić information content (AvgIpc) is 2.60. The van der Waals surface area contributed by atoms with Gasteiger partial charge in [0.2, 0.25) is 5.79 Å². The molecule has 0 radical (unpaired) electrons. The first-order chi connectivity index (χ1) is 12.4. The van der Waals surface area contributed by atoms with Gasteiger partial charge in [-0.1, -0.05) is 0 Å². The van der Waals surface area contributed by atoms with Gasteiger partial charge in [-0.05, 0) is 75.5 Å². The molecule has 4 bridgehead atoms. The summed E-state index contributed by atoms with van der Waals surface area (Å²) in [5, 5.41) is 0. The monoisotopic (exact) mass is 390 g/mol. The molecule has 0 atom stereocenters. The zero-order valence-corrected chi connectivity index (χ0v) is 16.2. The van der Waals surface area contributed by atoms with Gasteiger partial charge in [-0.15, -0.1) is 0 Å². The minimum atomic E-state index is -4.36. The smallest absolute Gasteiger partial charge is 0.350 e. The van der Waals surface area contributed by atoms with Crippen molar-refractivity contribution in [2.24, 2.45) is 29.6 Å². The second-order valence-corrected chi connectivity index (χ2v) is 9.86. The molecule has 5 saturated carbocycles. The van der Waals surface area contributed by atoms with Crippen molar-refractivity contribution in [2.75, 3.05) is 13.7 Å². The number of ether oxygens (including phenoxy) is 1. The van der Waals surface area contributed by atoms with E-state index in [9.17, 15) is 8.42 Å². The largest absolute Gasteiger partial charge is 0.397 e. The van der Waals surface area contributed by atoms with Crippen LogP contribution in [0.25, 0.3) is 0 Å². The Labute approximate surface area is 155 Å². The van der Waals surface area contributed by atoms with Crippen LogP contribution in [0, 0.1) is 29.6 Å². The third-order valence-corrected chi connectivity index (χ3v) is 7.59. The van der Waals surface area contributed by atoms with E-state index in [1.807, 2.05) is 0 Å². The molecule has 0 aliphatic heterocycles. The first-order valence-electron chi connectivity index (χ1n) is 9.89. The summed E-state index contributed by atoms with van der Waals surface area (Å²) < 4.78 is 40.5. The lowest BCUT2D eigenvalue weighted by atomic mass is 9.53. The molecule has 5 aliphatic rings. The van der Waals surface area contributed by atoms with Gasteiger partial charge in [0.05, 0.1) is 12.7 Å². The van der Waals surface area contributed by atoms with Crippen LogP contribution in [-0.4, -0.2) is 38.6 Å². The average molecular weight is 390 g/mol. The predicted molar refractivity (Wildman–Crippen MR) is 92.2 cm³/mol. The molecule has 8 heteroatoms. The molecule has 7 nitrogen and oxygen atoms in total. The Morgan fingerprint density at radius 2 is 1.54 bits per heavy atom. The summed E-state index contributed by atoms with van der Waals surface area (Å²) in [6.07, 6.45) is 9.28. The highest BCUT2D eigenvalue weighted by atomic mass is 32.3. The van der Waals surface area contributed by atoms with E-state index in [-0.39, 0.29) is 18.6 Å². The SMILES string of the molecule is COC1(OO[C@H]2CC[C@@H](COS(=O)(=O)O)CC2)C2CC3CC(C2)CC1C3. The highest BCUT2D eigenvalue weighted by Crippen LogP contribution is 2.60. The molecule has 0 spiro atoms. The molecular formula is C18H30O7S. The molecule has 0 heterocycles. The van der Waals surface area contributed by atoms with Crippen molar-refractivity contribution in [2.45, 2.75) is 69.7 Å². The molecule has 150 valence electrons. The Kier molecular flexibility index (Phi) is 5.35. The normalized spacial score (nSPS) is 45.2. The van der Waals surface area contributed by atoms with Gasteiger partial charge >= 0.3 is 10.4 Å². The Hall–Kier alpha value is -0.250. The maximum Gasteiger partial charge on any atom is 0.397 e. The minimum absolute atomic E-state index is 0.00111. The lowest BCUT2D eigenvalue weighted by molar-refractivity contribution is -0.486. The van der Waals surface area contributed by atoms with Crippen molar-refractivity contribution in [1.29, 1.82) is 0 Å². The molecule has 0 aromatic heterocycles. The van der Waals surface area contributed by atoms with E-state index in [0.717, 1.165) is 37.5 Å². The first kappa shape index (κ1) is 19.1. The molecule has 5 rings (SSSR count). The van der Waals surface area contributed by atoms with Crippen molar-refractivity contribution >= 4 is 10.4 Å². The Morgan fingerprint density at radius 3 is 2.04 bits per heavy atom. The second-order valence-electron chi connectivity index (χ2n) is 8.76. The maximum absolute atomic E-state index is 10.7. The quantitative estimate of drug-likeness (QED) is 0.309. The second kappa shape index (κ2) is 7.29. The predicted octanol–water partition coefficient (Wildman–Crippen LogP) is 3.11. The highest BCUT2D eigenvalue weighted by Gasteiger charge is 2.60. The van der Waals surface area contributed by atoms with Crippen molar-refractivity contribution in [3.05, 3.63) is 0 Å². The molecule has 0 aromatic carbocycles. The number of rotatable bonds is 7. The summed E-state index contributed by atoms with van der Waals surface area (Å²) in [4.78, 5) is 11.9. The van der Waals surface area contributed by atoms with E-state index < -0.39 is 16.2 Å². The zero-order chi connectivity index (χ0) is 18.4. The summed E-state index contributed by atoms with van der Waals surface area (Å²) >= 11 is 0. The lowest BCUT2D eigenvalue weighted by Gasteiger charge is -2.58. The van der Waals surface area contributed by atoms with Crippen LogP contribution in [0.2, 0.25) is 0 Å². The molecule has 0 unspecified atom stereocenters. The molecule has 26 heavy (non-hydrogen) atoms. The summed E-state index contributed by atoms with van der Waals surface area (Å²) in [5.74, 6) is 2.07. The zero-order valence-electron chi connectivity index (χ0n) is 15.3. The number of hydrogen-bond donors (Lipinski definition) is 1. The number of methoxy groups -OCH3 is 1. The van der Waals surface area contributed by atoms with Gasteiger partial charge in [-0.3, -0.25) is 4.55 Å². The van der Waals surface area contributed by atoms with Crippen LogP contribution in [-0.2, 0) is 29.1 Å². The van der Waals surface area contributed by atoms with Gasteiger partial charge in [-0.25, -0.2) is 14.0 Å². The fourth-order valence-electron chi connectivity index (χ4n) is 6.06. The van der Waals surface area contributed by atoms with Gasteiger partial charge in [0.25, 0.3) is 0 Å². The van der Waals surface area contributed by atoms with Crippen molar-refractivity contribution in [3.8, 4) is 0 Å². The van der Waals surface area contributed by atoms with Crippen LogP contribution >= 0.6 is 0 Å². The Balaban J connectivity index is 1.28. The van der Waals surface area contributed by atoms with Gasteiger partial charge in [-0.2, -0.15) is 8.42 Å². The van der Waals surface area contributed by atoms with Crippen LogP contribution < -0.4 is 0 Å². The van der Waals surface area contributed by atoms with E-state index >= 15 is 0 Å². The topological polar surface area (TPSA) is 91.3 Å². The summed E-state index contributed by atoms with van der Waals surface area (Å²) in [6.45, 7) is 0.0291. The molecule has 0 aromatic rings. The van der Waals surface area contributed by atoms with E-state index in [1.54, 1.807) is 7.11 Å². The molecular weight excluding hydrogens is 360 g/mol.